The summed E-state index contributed by atoms with van der Waals surface area (Å²) in [6, 6.07) is 8.13. The minimum Gasteiger partial charge on any atom is -0.434 e. The fourth-order valence-corrected chi connectivity index (χ4v) is 5.39. The van der Waals surface area contributed by atoms with Crippen LogP contribution in [0.4, 0.5) is 18.0 Å². The molecule has 1 unspecified atom stereocenters. The highest BCUT2D eigenvalue weighted by Gasteiger charge is 2.47. The highest BCUT2D eigenvalue weighted by molar-refractivity contribution is 7.89. The van der Waals surface area contributed by atoms with Gasteiger partial charge in [0, 0.05) is 26.2 Å². The zero-order valence-electron chi connectivity index (χ0n) is 15.6. The Morgan fingerprint density at radius 3 is 2.28 bits per heavy atom. The van der Waals surface area contributed by atoms with E-state index in [9.17, 15) is 26.4 Å². The largest absolute Gasteiger partial charge is 0.434 e. The number of carbonyl (C=O) groups is 1. The van der Waals surface area contributed by atoms with Crippen LogP contribution in [0.1, 0.15) is 19.3 Å². The Labute approximate surface area is 167 Å². The number of hydrogen-bond donors (Lipinski definition) is 1. The molecule has 2 aliphatic rings. The Kier molecular flexibility index (Phi) is 6.11. The molecule has 0 bridgehead atoms. The van der Waals surface area contributed by atoms with Gasteiger partial charge < -0.3 is 14.7 Å². The van der Waals surface area contributed by atoms with Crippen molar-refractivity contribution in [2.45, 2.75) is 36.4 Å². The van der Waals surface area contributed by atoms with Crippen LogP contribution in [-0.4, -0.2) is 73.9 Å². The van der Waals surface area contributed by atoms with E-state index in [1.165, 1.54) is 21.3 Å². The minimum absolute atomic E-state index is 0.175. The van der Waals surface area contributed by atoms with Crippen LogP contribution in [0.15, 0.2) is 35.2 Å². The lowest BCUT2D eigenvalue weighted by Crippen LogP contribution is -2.47. The van der Waals surface area contributed by atoms with Crippen LogP contribution < -0.4 is 0 Å². The number of halogens is 3. The summed E-state index contributed by atoms with van der Waals surface area (Å²) in [5.74, 6) is 0. The zero-order valence-corrected chi connectivity index (χ0v) is 16.5. The van der Waals surface area contributed by atoms with Gasteiger partial charge in [0.25, 0.3) is 0 Å². The molecule has 1 atom stereocenters. The second kappa shape index (κ2) is 8.11. The first kappa shape index (κ1) is 21.8. The Balaban J connectivity index is 1.59. The van der Waals surface area contributed by atoms with Gasteiger partial charge in [0.1, 0.15) is 0 Å². The molecule has 0 aromatic heterocycles. The number of hydrogen-bond acceptors (Lipinski definition) is 5. The molecule has 11 heteroatoms. The van der Waals surface area contributed by atoms with Gasteiger partial charge in [0.2, 0.25) is 16.1 Å². The number of ether oxygens (including phenoxy) is 1. The van der Waals surface area contributed by atoms with Gasteiger partial charge in [-0.2, -0.15) is 17.5 Å². The first-order chi connectivity index (χ1) is 13.6. The number of aliphatic hydroxyl groups excluding tert-OH is 1. The SMILES string of the molecule is O=C(OC(CO)C(F)(F)F)N1CCC2(CC1)CCN(S(=O)(=O)c1ccccc1)C2. The van der Waals surface area contributed by atoms with Gasteiger partial charge in [-0.05, 0) is 36.8 Å². The summed E-state index contributed by atoms with van der Waals surface area (Å²) in [7, 11) is -3.60. The molecule has 0 aliphatic carbocycles. The molecule has 1 N–H and O–H groups in total. The van der Waals surface area contributed by atoms with Crippen LogP contribution in [-0.2, 0) is 14.8 Å². The molecule has 2 heterocycles. The van der Waals surface area contributed by atoms with Crippen LogP contribution in [0.3, 0.4) is 0 Å². The van der Waals surface area contributed by atoms with Gasteiger partial charge in [0.05, 0.1) is 11.5 Å². The quantitative estimate of drug-likeness (QED) is 0.782. The molecule has 2 fully saturated rings. The monoisotopic (exact) mass is 436 g/mol. The summed E-state index contributed by atoms with van der Waals surface area (Å²) in [6.45, 7) is -0.307. The van der Waals surface area contributed by atoms with Crippen LogP contribution in [0, 0.1) is 5.41 Å². The summed E-state index contributed by atoms with van der Waals surface area (Å²) in [6.07, 6.45) is -6.94. The lowest BCUT2D eigenvalue weighted by Gasteiger charge is -2.39. The number of amides is 1. The van der Waals surface area contributed by atoms with Crippen molar-refractivity contribution < 1.29 is 36.2 Å². The van der Waals surface area contributed by atoms with Crippen LogP contribution in [0.5, 0.6) is 0 Å². The molecule has 29 heavy (non-hydrogen) atoms. The van der Waals surface area contributed by atoms with Crippen LogP contribution in [0.2, 0.25) is 0 Å². The number of nitrogens with zero attached hydrogens (tertiary/aromatic N) is 2. The Morgan fingerprint density at radius 2 is 1.72 bits per heavy atom. The number of piperidine rings is 1. The maximum Gasteiger partial charge on any atom is 0.427 e. The second-order valence-electron chi connectivity index (χ2n) is 7.49. The molecule has 3 rings (SSSR count). The summed E-state index contributed by atoms with van der Waals surface area (Å²) >= 11 is 0. The highest BCUT2D eigenvalue weighted by Crippen LogP contribution is 2.42. The topological polar surface area (TPSA) is 87.2 Å². The fraction of sp³-hybridized carbons (Fsp3) is 0.611. The van der Waals surface area contributed by atoms with Gasteiger partial charge in [-0.1, -0.05) is 18.2 Å². The third kappa shape index (κ3) is 4.67. The van der Waals surface area contributed by atoms with Crippen LogP contribution >= 0.6 is 0 Å². The summed E-state index contributed by atoms with van der Waals surface area (Å²) in [4.78, 5) is 13.4. The van der Waals surface area contributed by atoms with Crippen molar-refractivity contribution in [2.75, 3.05) is 32.8 Å². The first-order valence-electron chi connectivity index (χ1n) is 9.26. The molecule has 1 amide bonds. The van der Waals surface area contributed by atoms with Crippen molar-refractivity contribution in [2.24, 2.45) is 5.41 Å². The molecule has 7 nitrogen and oxygen atoms in total. The molecule has 1 spiro atoms. The maximum atomic E-state index is 12.8. The van der Waals surface area contributed by atoms with Crippen molar-refractivity contribution in [1.29, 1.82) is 0 Å². The van der Waals surface area contributed by atoms with Crippen molar-refractivity contribution in [3.63, 3.8) is 0 Å². The fourth-order valence-electron chi connectivity index (χ4n) is 3.82. The summed E-state index contributed by atoms with van der Waals surface area (Å²) < 4.78 is 69.4. The van der Waals surface area contributed by atoms with E-state index in [4.69, 9.17) is 5.11 Å². The number of sulfonamides is 1. The third-order valence-electron chi connectivity index (χ3n) is 5.64. The van der Waals surface area contributed by atoms with Crippen LogP contribution in [0.25, 0.3) is 0 Å². The first-order valence-corrected chi connectivity index (χ1v) is 10.7. The Morgan fingerprint density at radius 1 is 1.14 bits per heavy atom. The predicted molar refractivity (Wildman–Crippen MR) is 96.5 cm³/mol. The van der Waals surface area contributed by atoms with Gasteiger partial charge in [-0.3, -0.25) is 0 Å². The third-order valence-corrected chi connectivity index (χ3v) is 7.50. The van der Waals surface area contributed by atoms with Gasteiger partial charge >= 0.3 is 12.3 Å². The molecular weight excluding hydrogens is 413 g/mol. The van der Waals surface area contributed by atoms with Crippen molar-refractivity contribution in [1.82, 2.24) is 9.21 Å². The lowest BCUT2D eigenvalue weighted by atomic mass is 9.78. The predicted octanol–water partition coefficient (Wildman–Crippen LogP) is 2.22. The molecule has 2 saturated heterocycles. The van der Waals surface area contributed by atoms with Crippen molar-refractivity contribution in [3.8, 4) is 0 Å². The van der Waals surface area contributed by atoms with E-state index in [1.807, 2.05) is 0 Å². The maximum absolute atomic E-state index is 12.8. The van der Waals surface area contributed by atoms with Gasteiger partial charge in [-0.15, -0.1) is 0 Å². The minimum atomic E-state index is -4.83. The number of alkyl halides is 3. The normalized spacial score (nSPS) is 21.3. The molecule has 1 aromatic rings. The highest BCUT2D eigenvalue weighted by atomic mass is 32.2. The van der Waals surface area contributed by atoms with E-state index in [-0.39, 0.29) is 23.4 Å². The molecule has 2 aliphatic heterocycles. The van der Waals surface area contributed by atoms with Gasteiger partial charge in [-0.25, -0.2) is 13.2 Å². The Hall–Kier alpha value is -1.85. The number of carbonyl (C=O) groups excluding carboxylic acids is 1. The number of aliphatic hydroxyl groups is 1. The average molecular weight is 436 g/mol. The van der Waals surface area contributed by atoms with E-state index in [2.05, 4.69) is 4.74 Å². The summed E-state index contributed by atoms with van der Waals surface area (Å²) in [5.41, 5.74) is -0.307. The molecular formula is C18H23F3N2O5S. The molecule has 162 valence electrons. The summed E-state index contributed by atoms with van der Waals surface area (Å²) in [5, 5.41) is 8.80. The van der Waals surface area contributed by atoms with E-state index in [1.54, 1.807) is 18.2 Å². The van der Waals surface area contributed by atoms with E-state index in [0.717, 1.165) is 0 Å². The lowest BCUT2D eigenvalue weighted by molar-refractivity contribution is -0.215. The average Bonchev–Trinajstić information content (AvgIpc) is 3.10. The number of benzene rings is 1. The smallest absolute Gasteiger partial charge is 0.427 e. The Bertz CT molecular complexity index is 824. The molecule has 0 saturated carbocycles. The second-order valence-corrected chi connectivity index (χ2v) is 9.42. The van der Waals surface area contributed by atoms with Crippen molar-refractivity contribution in [3.05, 3.63) is 30.3 Å². The van der Waals surface area contributed by atoms with E-state index >= 15 is 0 Å². The van der Waals surface area contributed by atoms with Crippen molar-refractivity contribution >= 4 is 16.1 Å². The molecule has 1 aromatic carbocycles. The van der Waals surface area contributed by atoms with E-state index in [0.29, 0.717) is 32.4 Å². The number of likely N-dealkylation sites (tertiary alicyclic amines) is 1. The number of rotatable bonds is 4. The van der Waals surface area contributed by atoms with Gasteiger partial charge in [0.15, 0.2) is 0 Å². The van der Waals surface area contributed by atoms with E-state index < -0.39 is 35.0 Å². The standard InChI is InChI=1S/C18H23F3N2O5S/c19-18(20,21)15(12-24)28-16(25)22-9-6-17(7-10-22)8-11-23(13-17)29(26,27)14-4-2-1-3-5-14/h1-5,15,24H,6-13H2. The zero-order chi connectivity index (χ0) is 21.3. The molecule has 0 radical (unpaired) electrons.